The summed E-state index contributed by atoms with van der Waals surface area (Å²) < 4.78 is 5.06. The van der Waals surface area contributed by atoms with Gasteiger partial charge in [0.05, 0.1) is 19.3 Å². The van der Waals surface area contributed by atoms with Crippen molar-refractivity contribution < 1.29 is 20.1 Å². The van der Waals surface area contributed by atoms with Gasteiger partial charge >= 0.3 is 0 Å². The molecule has 0 aliphatic heterocycles. The summed E-state index contributed by atoms with van der Waals surface area (Å²) in [5.41, 5.74) is 1.00. The van der Waals surface area contributed by atoms with Gasteiger partial charge in [-0.25, -0.2) is 0 Å². The smallest absolute Gasteiger partial charge is 0.160 e. The Bertz CT molecular complexity index is 406. The Balaban J connectivity index is 0.00000232. The van der Waals surface area contributed by atoms with Crippen LogP contribution in [0.15, 0.2) is 18.2 Å². The van der Waals surface area contributed by atoms with E-state index < -0.39 is 12.2 Å². The van der Waals surface area contributed by atoms with Crippen LogP contribution in [0.2, 0.25) is 0 Å². The lowest BCUT2D eigenvalue weighted by Gasteiger charge is -2.16. The highest BCUT2D eigenvalue weighted by Gasteiger charge is 2.12. The van der Waals surface area contributed by atoms with Crippen molar-refractivity contribution >= 4 is 0 Å². The molecule has 0 amide bonds. The molecular weight excluding hydrogens is 292 g/mol. The van der Waals surface area contributed by atoms with Crippen molar-refractivity contribution in [2.75, 3.05) is 7.11 Å². The Morgan fingerprint density at radius 2 is 1.70 bits per heavy atom. The molecule has 1 aromatic rings. The van der Waals surface area contributed by atoms with Gasteiger partial charge < -0.3 is 20.1 Å². The number of aliphatic hydroxyl groups is 2. The van der Waals surface area contributed by atoms with E-state index >= 15 is 0 Å². The molecule has 0 radical (unpaired) electrons. The molecule has 0 aliphatic rings. The number of methoxy groups -OCH3 is 1. The molecule has 2 unspecified atom stereocenters. The summed E-state index contributed by atoms with van der Waals surface area (Å²) in [7, 11) is 1.51. The first-order valence-corrected chi connectivity index (χ1v) is 8.78. The molecule has 1 rings (SSSR count). The first-order valence-electron chi connectivity index (χ1n) is 8.78. The van der Waals surface area contributed by atoms with Crippen molar-refractivity contribution in [2.24, 2.45) is 0 Å². The van der Waals surface area contributed by atoms with E-state index in [4.69, 9.17) is 4.74 Å². The van der Waals surface area contributed by atoms with Crippen LogP contribution in [0, 0.1) is 0 Å². The van der Waals surface area contributed by atoms with Gasteiger partial charge in [0.2, 0.25) is 0 Å². The predicted molar refractivity (Wildman–Crippen MR) is 95.1 cm³/mol. The zero-order chi connectivity index (χ0) is 17.7. The largest absolute Gasteiger partial charge is 0.504 e. The van der Waals surface area contributed by atoms with Crippen molar-refractivity contribution in [3.63, 3.8) is 0 Å². The van der Waals surface area contributed by atoms with Gasteiger partial charge in [-0.1, -0.05) is 46.1 Å². The van der Waals surface area contributed by atoms with Gasteiger partial charge in [-0.05, 0) is 43.4 Å². The van der Waals surface area contributed by atoms with Gasteiger partial charge in [0.15, 0.2) is 11.5 Å². The monoisotopic (exact) mass is 326 g/mol. The van der Waals surface area contributed by atoms with Crippen molar-refractivity contribution in [3.05, 3.63) is 23.8 Å². The molecule has 0 fully saturated rings. The highest BCUT2D eigenvalue weighted by atomic mass is 16.5. The van der Waals surface area contributed by atoms with Gasteiger partial charge in [0, 0.05) is 0 Å². The van der Waals surface area contributed by atoms with E-state index in [-0.39, 0.29) is 5.75 Å². The molecule has 2 atom stereocenters. The molecule has 0 saturated heterocycles. The van der Waals surface area contributed by atoms with E-state index in [2.05, 4.69) is 6.92 Å². The number of hydrogen-bond acceptors (Lipinski definition) is 4. The summed E-state index contributed by atoms with van der Waals surface area (Å²) in [5, 5.41) is 29.4. The minimum atomic E-state index is -0.499. The number of aromatic hydroxyl groups is 1. The number of phenolic OH excluding ortho intramolecular Hbond substituents is 1. The van der Waals surface area contributed by atoms with Crippen LogP contribution in [0.3, 0.4) is 0 Å². The SMILES string of the molecule is CC.CCCCCC(O)CC(O)CCc1ccc(O)c(OC)c1. The molecule has 4 heteroatoms. The van der Waals surface area contributed by atoms with Crippen LogP contribution >= 0.6 is 0 Å². The van der Waals surface area contributed by atoms with Crippen LogP contribution < -0.4 is 4.74 Å². The van der Waals surface area contributed by atoms with Crippen LogP contribution in [0.4, 0.5) is 0 Å². The third-order valence-corrected chi connectivity index (χ3v) is 3.70. The second-order valence-electron chi connectivity index (χ2n) is 5.58. The summed E-state index contributed by atoms with van der Waals surface area (Å²) in [5.74, 6) is 0.565. The molecule has 134 valence electrons. The van der Waals surface area contributed by atoms with Crippen molar-refractivity contribution in [1.29, 1.82) is 0 Å². The topological polar surface area (TPSA) is 69.9 Å². The highest BCUT2D eigenvalue weighted by molar-refractivity contribution is 5.41. The summed E-state index contributed by atoms with van der Waals surface area (Å²) >= 11 is 0. The fourth-order valence-electron chi connectivity index (χ4n) is 2.39. The number of benzene rings is 1. The van der Waals surface area contributed by atoms with Crippen molar-refractivity contribution in [1.82, 2.24) is 0 Å². The standard InChI is InChI=1S/C17H28O4.C2H6/c1-3-4-5-6-14(18)12-15(19)9-7-13-8-10-16(20)17(11-13)21-2;1-2/h8,10-11,14-15,18-20H,3-7,9,12H2,1-2H3;1-2H3. The number of hydrogen-bond donors (Lipinski definition) is 3. The molecule has 0 heterocycles. The van der Waals surface area contributed by atoms with Gasteiger partial charge in [-0.15, -0.1) is 0 Å². The molecule has 0 bridgehead atoms. The molecule has 0 aromatic heterocycles. The maximum atomic E-state index is 9.98. The van der Waals surface area contributed by atoms with Crippen LogP contribution in [-0.4, -0.2) is 34.6 Å². The molecule has 4 nitrogen and oxygen atoms in total. The molecule has 0 saturated carbocycles. The molecule has 1 aromatic carbocycles. The fraction of sp³-hybridized carbons (Fsp3) is 0.684. The highest BCUT2D eigenvalue weighted by Crippen LogP contribution is 2.27. The Morgan fingerprint density at radius 1 is 1.04 bits per heavy atom. The average molecular weight is 326 g/mol. The van der Waals surface area contributed by atoms with E-state index in [1.807, 2.05) is 19.9 Å². The second-order valence-corrected chi connectivity index (χ2v) is 5.58. The lowest BCUT2D eigenvalue weighted by atomic mass is 10.00. The van der Waals surface area contributed by atoms with Gasteiger partial charge in [0.1, 0.15) is 0 Å². The average Bonchev–Trinajstić information content (AvgIpc) is 2.56. The molecule has 0 spiro atoms. The number of unbranched alkanes of at least 4 members (excludes halogenated alkanes) is 2. The Morgan fingerprint density at radius 3 is 2.30 bits per heavy atom. The van der Waals surface area contributed by atoms with Crippen molar-refractivity contribution in [3.8, 4) is 11.5 Å². The van der Waals surface area contributed by atoms with Crippen molar-refractivity contribution in [2.45, 2.75) is 77.9 Å². The van der Waals surface area contributed by atoms with E-state index in [1.165, 1.54) is 7.11 Å². The Labute approximate surface area is 141 Å². The van der Waals surface area contributed by atoms with Crippen LogP contribution in [-0.2, 0) is 6.42 Å². The summed E-state index contributed by atoms with van der Waals surface area (Å²) in [6.07, 6.45) is 4.84. The first kappa shape index (κ1) is 21.7. The van der Waals surface area contributed by atoms with E-state index in [0.717, 1.165) is 31.2 Å². The number of aliphatic hydroxyl groups excluding tert-OH is 2. The zero-order valence-electron chi connectivity index (χ0n) is 15.1. The van der Waals surface area contributed by atoms with Gasteiger partial charge in [-0.2, -0.15) is 0 Å². The summed E-state index contributed by atoms with van der Waals surface area (Å²) in [4.78, 5) is 0. The third-order valence-electron chi connectivity index (χ3n) is 3.70. The third kappa shape index (κ3) is 9.47. The minimum Gasteiger partial charge on any atom is -0.504 e. The quantitative estimate of drug-likeness (QED) is 0.567. The van der Waals surface area contributed by atoms with Crippen LogP contribution in [0.5, 0.6) is 11.5 Å². The zero-order valence-corrected chi connectivity index (χ0v) is 15.1. The van der Waals surface area contributed by atoms with E-state index in [9.17, 15) is 15.3 Å². The Kier molecular flexibility index (Phi) is 12.5. The van der Waals surface area contributed by atoms with E-state index in [1.54, 1.807) is 12.1 Å². The Hall–Kier alpha value is -1.26. The minimum absolute atomic E-state index is 0.119. The van der Waals surface area contributed by atoms with Crippen LogP contribution in [0.25, 0.3) is 0 Å². The van der Waals surface area contributed by atoms with Gasteiger partial charge in [-0.3, -0.25) is 0 Å². The normalized spacial score (nSPS) is 13.0. The number of aryl methyl sites for hydroxylation is 1. The fourth-order valence-corrected chi connectivity index (χ4v) is 2.39. The van der Waals surface area contributed by atoms with Crippen LogP contribution in [0.1, 0.15) is 64.9 Å². The molecular formula is C19H34O4. The maximum Gasteiger partial charge on any atom is 0.160 e. The molecule has 0 aliphatic carbocycles. The second kappa shape index (κ2) is 13.2. The summed E-state index contributed by atoms with van der Waals surface area (Å²) in [6.45, 7) is 6.13. The molecule has 23 heavy (non-hydrogen) atoms. The lowest BCUT2D eigenvalue weighted by Crippen LogP contribution is -2.18. The number of ether oxygens (including phenoxy) is 1. The number of rotatable bonds is 10. The maximum absolute atomic E-state index is 9.98. The lowest BCUT2D eigenvalue weighted by molar-refractivity contribution is 0.0698. The van der Waals surface area contributed by atoms with E-state index in [0.29, 0.717) is 25.0 Å². The predicted octanol–water partition coefficient (Wildman–Crippen LogP) is 4.05. The summed E-state index contributed by atoms with van der Waals surface area (Å²) in [6, 6.07) is 5.20. The van der Waals surface area contributed by atoms with Gasteiger partial charge in [0.25, 0.3) is 0 Å². The molecule has 3 N–H and O–H groups in total. The first-order chi connectivity index (χ1) is 11.1. The number of phenols is 1.